The summed E-state index contributed by atoms with van der Waals surface area (Å²) in [6.45, 7) is 0.733. The van der Waals surface area contributed by atoms with Gasteiger partial charge in [-0.3, -0.25) is 4.79 Å². The smallest absolute Gasteiger partial charge is 0.255 e. The first-order chi connectivity index (χ1) is 7.52. The highest BCUT2D eigenvalue weighted by Gasteiger charge is 2.25. The summed E-state index contributed by atoms with van der Waals surface area (Å²) in [6.07, 6.45) is 0. The van der Waals surface area contributed by atoms with Gasteiger partial charge < -0.3 is 20.6 Å². The van der Waals surface area contributed by atoms with Crippen molar-refractivity contribution >= 4 is 5.91 Å². The zero-order valence-corrected chi connectivity index (χ0v) is 8.97. The first kappa shape index (κ1) is 12.5. The molecule has 0 aliphatic heterocycles. The van der Waals surface area contributed by atoms with E-state index >= 15 is 0 Å². The van der Waals surface area contributed by atoms with E-state index in [1.807, 2.05) is 0 Å². The van der Waals surface area contributed by atoms with E-state index in [9.17, 15) is 9.90 Å². The van der Waals surface area contributed by atoms with Gasteiger partial charge in [0.05, 0.1) is 24.3 Å². The van der Waals surface area contributed by atoms with E-state index in [4.69, 9.17) is 10.2 Å². The third-order valence-electron chi connectivity index (χ3n) is 2.26. The molecule has 1 aromatic carbocycles. The standard InChI is InChI=1S/C11H15NO4/c1-11(6-13,7-14)12-10(16)8-4-2-3-5-9(8)15/h2-5,13-15H,6-7H2,1H3,(H,12,16). The van der Waals surface area contributed by atoms with Crippen LogP contribution in [0.25, 0.3) is 0 Å². The van der Waals surface area contributed by atoms with Crippen LogP contribution in [-0.4, -0.2) is 40.0 Å². The lowest BCUT2D eigenvalue weighted by atomic mass is 10.0. The molecule has 0 aliphatic rings. The number of benzene rings is 1. The summed E-state index contributed by atoms with van der Waals surface area (Å²) >= 11 is 0. The molecule has 0 spiro atoms. The van der Waals surface area contributed by atoms with Gasteiger partial charge in [0, 0.05) is 0 Å². The van der Waals surface area contributed by atoms with E-state index in [2.05, 4.69) is 5.32 Å². The van der Waals surface area contributed by atoms with E-state index in [0.29, 0.717) is 0 Å². The summed E-state index contributed by atoms with van der Waals surface area (Å²) in [4.78, 5) is 11.7. The molecule has 1 aromatic rings. The molecule has 5 nitrogen and oxygen atoms in total. The Labute approximate surface area is 93.4 Å². The predicted molar refractivity (Wildman–Crippen MR) is 58.1 cm³/mol. The Kier molecular flexibility index (Phi) is 3.87. The van der Waals surface area contributed by atoms with Crippen LogP contribution in [0.15, 0.2) is 24.3 Å². The van der Waals surface area contributed by atoms with Crippen molar-refractivity contribution in [3.63, 3.8) is 0 Å². The molecule has 88 valence electrons. The summed E-state index contributed by atoms with van der Waals surface area (Å²) in [5, 5.41) is 29.9. The molecule has 0 radical (unpaired) electrons. The molecule has 0 bridgehead atoms. The Morgan fingerprint density at radius 1 is 1.31 bits per heavy atom. The van der Waals surface area contributed by atoms with Crippen molar-refractivity contribution in [2.75, 3.05) is 13.2 Å². The van der Waals surface area contributed by atoms with E-state index in [1.165, 1.54) is 19.1 Å². The molecule has 0 heterocycles. The van der Waals surface area contributed by atoms with Crippen molar-refractivity contribution in [2.24, 2.45) is 0 Å². The summed E-state index contributed by atoms with van der Waals surface area (Å²) in [6, 6.07) is 6.07. The second kappa shape index (κ2) is 4.96. The molecule has 0 aliphatic carbocycles. The van der Waals surface area contributed by atoms with Gasteiger partial charge >= 0.3 is 0 Å². The molecule has 0 atom stereocenters. The molecule has 5 heteroatoms. The van der Waals surface area contributed by atoms with Crippen LogP contribution in [-0.2, 0) is 0 Å². The molecule has 16 heavy (non-hydrogen) atoms. The SMILES string of the molecule is CC(CO)(CO)NC(=O)c1ccccc1O. The fourth-order valence-electron chi connectivity index (χ4n) is 1.14. The van der Waals surface area contributed by atoms with Crippen LogP contribution in [0.3, 0.4) is 0 Å². The molecular weight excluding hydrogens is 210 g/mol. The van der Waals surface area contributed by atoms with Gasteiger partial charge in [-0.15, -0.1) is 0 Å². The van der Waals surface area contributed by atoms with Crippen molar-refractivity contribution in [1.29, 1.82) is 0 Å². The monoisotopic (exact) mass is 225 g/mol. The van der Waals surface area contributed by atoms with Crippen LogP contribution in [0.2, 0.25) is 0 Å². The molecule has 1 rings (SSSR count). The van der Waals surface area contributed by atoms with Crippen molar-refractivity contribution in [3.05, 3.63) is 29.8 Å². The number of aliphatic hydroxyl groups is 2. The van der Waals surface area contributed by atoms with Crippen molar-refractivity contribution < 1.29 is 20.1 Å². The van der Waals surface area contributed by atoms with Crippen LogP contribution in [0.5, 0.6) is 5.75 Å². The fourth-order valence-corrected chi connectivity index (χ4v) is 1.14. The normalized spacial score (nSPS) is 11.2. The molecule has 1 amide bonds. The van der Waals surface area contributed by atoms with E-state index in [1.54, 1.807) is 12.1 Å². The molecular formula is C11H15NO4. The van der Waals surface area contributed by atoms with Crippen molar-refractivity contribution in [2.45, 2.75) is 12.5 Å². The number of carbonyl (C=O) groups excluding carboxylic acids is 1. The number of para-hydroxylation sites is 1. The Balaban J connectivity index is 2.84. The highest BCUT2D eigenvalue weighted by Crippen LogP contribution is 2.16. The third-order valence-corrected chi connectivity index (χ3v) is 2.26. The van der Waals surface area contributed by atoms with Crippen molar-refractivity contribution in [3.8, 4) is 5.75 Å². The van der Waals surface area contributed by atoms with Gasteiger partial charge in [-0.25, -0.2) is 0 Å². The van der Waals surface area contributed by atoms with Crippen LogP contribution >= 0.6 is 0 Å². The first-order valence-corrected chi connectivity index (χ1v) is 4.84. The summed E-state index contributed by atoms with van der Waals surface area (Å²) in [5.41, 5.74) is -0.991. The van der Waals surface area contributed by atoms with Crippen LogP contribution in [0, 0.1) is 0 Å². The lowest BCUT2D eigenvalue weighted by molar-refractivity contribution is 0.0721. The maximum atomic E-state index is 11.7. The minimum Gasteiger partial charge on any atom is -0.507 e. The number of nitrogens with one attached hydrogen (secondary N) is 1. The quantitative estimate of drug-likeness (QED) is 0.574. The number of phenolic OH excluding ortho intramolecular Hbond substituents is 1. The summed E-state index contributed by atoms with van der Waals surface area (Å²) < 4.78 is 0. The van der Waals surface area contributed by atoms with E-state index in [0.717, 1.165) is 0 Å². The largest absolute Gasteiger partial charge is 0.507 e. The molecule has 0 saturated carbocycles. The highest BCUT2D eigenvalue weighted by atomic mass is 16.3. The number of rotatable bonds is 4. The zero-order valence-electron chi connectivity index (χ0n) is 8.97. The van der Waals surface area contributed by atoms with Crippen LogP contribution in [0.4, 0.5) is 0 Å². The number of hydrogen-bond acceptors (Lipinski definition) is 4. The Bertz CT molecular complexity index is 374. The van der Waals surface area contributed by atoms with Gasteiger partial charge in [0.15, 0.2) is 0 Å². The topological polar surface area (TPSA) is 89.8 Å². The molecule has 0 unspecified atom stereocenters. The number of amides is 1. The lowest BCUT2D eigenvalue weighted by Gasteiger charge is -2.26. The van der Waals surface area contributed by atoms with Crippen LogP contribution < -0.4 is 5.32 Å². The van der Waals surface area contributed by atoms with Gasteiger partial charge in [-0.05, 0) is 19.1 Å². The predicted octanol–water partition coefficient (Wildman–Crippen LogP) is -0.135. The van der Waals surface area contributed by atoms with Gasteiger partial charge in [0.25, 0.3) is 5.91 Å². The molecule has 0 saturated heterocycles. The maximum absolute atomic E-state index is 11.7. The van der Waals surface area contributed by atoms with E-state index < -0.39 is 11.4 Å². The molecule has 0 aromatic heterocycles. The first-order valence-electron chi connectivity index (χ1n) is 4.84. The minimum atomic E-state index is -1.10. The second-order valence-corrected chi connectivity index (χ2v) is 3.85. The lowest BCUT2D eigenvalue weighted by Crippen LogP contribution is -2.51. The molecule has 4 N–H and O–H groups in total. The van der Waals surface area contributed by atoms with Crippen LogP contribution in [0.1, 0.15) is 17.3 Å². The third kappa shape index (κ3) is 2.71. The summed E-state index contributed by atoms with van der Waals surface area (Å²) in [7, 11) is 0. The van der Waals surface area contributed by atoms with Gasteiger partial charge in [-0.2, -0.15) is 0 Å². The number of aliphatic hydroxyl groups excluding tert-OH is 2. The van der Waals surface area contributed by atoms with E-state index in [-0.39, 0.29) is 24.5 Å². The fraction of sp³-hybridized carbons (Fsp3) is 0.364. The average Bonchev–Trinajstić information content (AvgIpc) is 2.29. The number of carbonyl (C=O) groups is 1. The van der Waals surface area contributed by atoms with Gasteiger partial charge in [0.1, 0.15) is 5.75 Å². The maximum Gasteiger partial charge on any atom is 0.255 e. The van der Waals surface area contributed by atoms with Crippen molar-refractivity contribution in [1.82, 2.24) is 5.32 Å². The molecule has 0 fully saturated rings. The number of aromatic hydroxyl groups is 1. The number of phenols is 1. The highest BCUT2D eigenvalue weighted by molar-refractivity contribution is 5.97. The minimum absolute atomic E-state index is 0.107. The average molecular weight is 225 g/mol. The Morgan fingerprint density at radius 3 is 2.38 bits per heavy atom. The van der Waals surface area contributed by atoms with Gasteiger partial charge in [-0.1, -0.05) is 12.1 Å². The Hall–Kier alpha value is -1.59. The summed E-state index contributed by atoms with van der Waals surface area (Å²) in [5.74, 6) is -0.679. The zero-order chi connectivity index (χ0) is 12.2. The number of hydrogen-bond donors (Lipinski definition) is 4. The Morgan fingerprint density at radius 2 is 1.88 bits per heavy atom. The second-order valence-electron chi connectivity index (χ2n) is 3.85. The van der Waals surface area contributed by atoms with Gasteiger partial charge in [0.2, 0.25) is 0 Å².